The van der Waals surface area contributed by atoms with Gasteiger partial charge in [-0.3, -0.25) is 4.79 Å². The van der Waals surface area contributed by atoms with Gasteiger partial charge in [0.05, 0.1) is 5.25 Å². The molecule has 1 heterocycles. The molecular formula is C17H21F3N4O2S2. The number of benzene rings is 1. The molecule has 2 rings (SSSR count). The van der Waals surface area contributed by atoms with Crippen molar-refractivity contribution in [1.29, 1.82) is 0 Å². The summed E-state index contributed by atoms with van der Waals surface area (Å²) in [5.74, 6) is 0.161. The standard InChI is InChI=1S/C17H21F3N4O2S2/c1-10(2)8-9-21-14(25)11(3)27-16-24-23-15(28-16)22-12-4-6-13(7-5-12)26-17(18,19)20/h4-7,10-11H,8-9H2,1-3H3,(H,21,25)(H,22,23). The van der Waals surface area contributed by atoms with E-state index in [1.807, 2.05) is 0 Å². The Hall–Kier alpha value is -2.01. The van der Waals surface area contributed by atoms with Gasteiger partial charge >= 0.3 is 6.36 Å². The lowest BCUT2D eigenvalue weighted by atomic mass is 10.1. The lowest BCUT2D eigenvalue weighted by Gasteiger charge is -2.11. The zero-order chi connectivity index (χ0) is 20.7. The van der Waals surface area contributed by atoms with Crippen molar-refractivity contribution >= 4 is 39.8 Å². The van der Waals surface area contributed by atoms with Crippen LogP contribution >= 0.6 is 23.1 Å². The van der Waals surface area contributed by atoms with E-state index >= 15 is 0 Å². The number of aromatic nitrogens is 2. The Labute approximate surface area is 169 Å². The third kappa shape index (κ3) is 7.93. The third-order valence-corrected chi connectivity index (χ3v) is 5.44. The maximum absolute atomic E-state index is 12.2. The minimum Gasteiger partial charge on any atom is -0.406 e. The summed E-state index contributed by atoms with van der Waals surface area (Å²) < 4.78 is 41.0. The fraction of sp³-hybridized carbons (Fsp3) is 0.471. The summed E-state index contributed by atoms with van der Waals surface area (Å²) in [6.07, 6.45) is -3.80. The highest BCUT2D eigenvalue weighted by Gasteiger charge is 2.30. The van der Waals surface area contributed by atoms with Gasteiger partial charge in [-0.25, -0.2) is 0 Å². The predicted molar refractivity (Wildman–Crippen MR) is 104 cm³/mol. The van der Waals surface area contributed by atoms with Crippen molar-refractivity contribution in [3.63, 3.8) is 0 Å². The largest absolute Gasteiger partial charge is 0.573 e. The molecule has 11 heteroatoms. The molecule has 1 atom stereocenters. The first kappa shape index (κ1) is 22.3. The molecule has 0 saturated heterocycles. The zero-order valence-electron chi connectivity index (χ0n) is 15.5. The first-order chi connectivity index (χ1) is 13.1. The highest BCUT2D eigenvalue weighted by Crippen LogP contribution is 2.31. The number of anilines is 2. The molecule has 1 amide bonds. The summed E-state index contributed by atoms with van der Waals surface area (Å²) in [6.45, 7) is 6.62. The Balaban J connectivity index is 1.85. The van der Waals surface area contributed by atoms with Gasteiger partial charge in [0.2, 0.25) is 11.0 Å². The van der Waals surface area contributed by atoms with E-state index in [9.17, 15) is 18.0 Å². The highest BCUT2D eigenvalue weighted by molar-refractivity contribution is 8.02. The normalized spacial score (nSPS) is 12.7. The number of carbonyl (C=O) groups excluding carboxylic acids is 1. The van der Waals surface area contributed by atoms with Crippen LogP contribution < -0.4 is 15.4 Å². The molecule has 0 saturated carbocycles. The van der Waals surface area contributed by atoms with E-state index in [0.29, 0.717) is 27.6 Å². The van der Waals surface area contributed by atoms with Crippen LogP contribution in [0.4, 0.5) is 24.0 Å². The summed E-state index contributed by atoms with van der Waals surface area (Å²) in [4.78, 5) is 12.1. The second-order valence-electron chi connectivity index (χ2n) is 6.30. The van der Waals surface area contributed by atoms with Gasteiger partial charge in [0.25, 0.3) is 0 Å². The Morgan fingerprint density at radius 1 is 1.21 bits per heavy atom. The van der Waals surface area contributed by atoms with Gasteiger partial charge in [0, 0.05) is 12.2 Å². The predicted octanol–water partition coefficient (Wildman–Crippen LogP) is 4.82. The van der Waals surface area contributed by atoms with Gasteiger partial charge in [-0.15, -0.1) is 23.4 Å². The molecule has 28 heavy (non-hydrogen) atoms. The molecule has 0 aliphatic carbocycles. The number of hydrogen-bond acceptors (Lipinski definition) is 7. The Kier molecular flexibility index (Phi) is 7.93. The van der Waals surface area contributed by atoms with Crippen LogP contribution in [0.2, 0.25) is 0 Å². The number of hydrogen-bond donors (Lipinski definition) is 2. The Bertz CT molecular complexity index is 767. The minimum absolute atomic E-state index is 0.0596. The molecule has 1 aromatic heterocycles. The average molecular weight is 435 g/mol. The van der Waals surface area contributed by atoms with Gasteiger partial charge in [-0.1, -0.05) is 36.9 Å². The second-order valence-corrected chi connectivity index (χ2v) is 8.87. The van der Waals surface area contributed by atoms with Crippen LogP contribution in [0.1, 0.15) is 27.2 Å². The fourth-order valence-corrected chi connectivity index (χ4v) is 3.94. The van der Waals surface area contributed by atoms with E-state index in [1.165, 1.54) is 47.4 Å². The van der Waals surface area contributed by atoms with Gasteiger partial charge in [0.1, 0.15) is 5.75 Å². The van der Waals surface area contributed by atoms with Crippen molar-refractivity contribution in [2.24, 2.45) is 5.92 Å². The van der Waals surface area contributed by atoms with Crippen LogP contribution in [-0.2, 0) is 4.79 Å². The Morgan fingerprint density at radius 3 is 2.50 bits per heavy atom. The van der Waals surface area contributed by atoms with Crippen LogP contribution in [0.5, 0.6) is 5.75 Å². The summed E-state index contributed by atoms with van der Waals surface area (Å²) in [7, 11) is 0. The summed E-state index contributed by atoms with van der Waals surface area (Å²) >= 11 is 2.55. The zero-order valence-corrected chi connectivity index (χ0v) is 17.2. The molecule has 154 valence electrons. The topological polar surface area (TPSA) is 76.1 Å². The molecule has 1 unspecified atom stereocenters. The molecule has 6 nitrogen and oxygen atoms in total. The molecule has 2 N–H and O–H groups in total. The molecule has 0 spiro atoms. The number of amides is 1. The maximum atomic E-state index is 12.2. The van der Waals surface area contributed by atoms with E-state index < -0.39 is 6.36 Å². The van der Waals surface area contributed by atoms with Gasteiger partial charge in [-0.2, -0.15) is 0 Å². The monoisotopic (exact) mass is 434 g/mol. The number of carbonyl (C=O) groups is 1. The van der Waals surface area contributed by atoms with Crippen molar-refractivity contribution in [2.45, 2.75) is 43.1 Å². The van der Waals surface area contributed by atoms with Crippen LogP contribution in [0.15, 0.2) is 28.6 Å². The van der Waals surface area contributed by atoms with Crippen molar-refractivity contribution in [3.05, 3.63) is 24.3 Å². The van der Waals surface area contributed by atoms with Crippen LogP contribution in [-0.4, -0.2) is 34.3 Å². The molecule has 0 radical (unpaired) electrons. The smallest absolute Gasteiger partial charge is 0.406 e. The molecule has 0 bridgehead atoms. The van der Waals surface area contributed by atoms with E-state index in [2.05, 4.69) is 39.4 Å². The minimum atomic E-state index is -4.72. The van der Waals surface area contributed by atoms with E-state index in [0.717, 1.165) is 6.42 Å². The van der Waals surface area contributed by atoms with Crippen LogP contribution in [0, 0.1) is 5.92 Å². The molecule has 0 aliphatic rings. The fourth-order valence-electron chi connectivity index (χ4n) is 2.00. The summed E-state index contributed by atoms with van der Waals surface area (Å²) in [6, 6.07) is 5.30. The molecule has 0 fully saturated rings. The number of nitrogens with zero attached hydrogens (tertiary/aromatic N) is 2. The van der Waals surface area contributed by atoms with Crippen molar-refractivity contribution in [2.75, 3.05) is 11.9 Å². The summed E-state index contributed by atoms with van der Waals surface area (Å²) in [5, 5.41) is 14.0. The lowest BCUT2D eigenvalue weighted by molar-refractivity contribution is -0.274. The van der Waals surface area contributed by atoms with Crippen molar-refractivity contribution in [1.82, 2.24) is 15.5 Å². The van der Waals surface area contributed by atoms with Crippen molar-refractivity contribution < 1.29 is 22.7 Å². The van der Waals surface area contributed by atoms with Gasteiger partial charge in [-0.05, 0) is 43.5 Å². The molecular weight excluding hydrogens is 413 g/mol. The quantitative estimate of drug-likeness (QED) is 0.551. The lowest BCUT2D eigenvalue weighted by Crippen LogP contribution is -2.32. The molecule has 0 aliphatic heterocycles. The number of ether oxygens (including phenoxy) is 1. The third-order valence-electron chi connectivity index (χ3n) is 3.41. The van der Waals surface area contributed by atoms with Crippen LogP contribution in [0.3, 0.4) is 0 Å². The number of halogens is 3. The first-order valence-electron chi connectivity index (χ1n) is 8.53. The SMILES string of the molecule is CC(C)CCNC(=O)C(C)Sc1nnc(Nc2ccc(OC(F)(F)F)cc2)s1. The first-order valence-corrected chi connectivity index (χ1v) is 10.2. The van der Waals surface area contributed by atoms with E-state index in [1.54, 1.807) is 6.92 Å². The van der Waals surface area contributed by atoms with Crippen molar-refractivity contribution in [3.8, 4) is 5.75 Å². The molecule has 2 aromatic rings. The number of thioether (sulfide) groups is 1. The van der Waals surface area contributed by atoms with E-state index in [4.69, 9.17) is 0 Å². The summed E-state index contributed by atoms with van der Waals surface area (Å²) in [5.41, 5.74) is 0.543. The number of nitrogens with one attached hydrogen (secondary N) is 2. The average Bonchev–Trinajstić information content (AvgIpc) is 3.01. The maximum Gasteiger partial charge on any atom is 0.573 e. The number of alkyl halides is 3. The van der Waals surface area contributed by atoms with Gasteiger partial charge < -0.3 is 15.4 Å². The molecule has 1 aromatic carbocycles. The van der Waals surface area contributed by atoms with Crippen LogP contribution in [0.25, 0.3) is 0 Å². The number of rotatable bonds is 9. The van der Waals surface area contributed by atoms with E-state index in [-0.39, 0.29) is 16.9 Å². The van der Waals surface area contributed by atoms with Gasteiger partial charge in [0.15, 0.2) is 4.34 Å². The second kappa shape index (κ2) is 9.97. The Morgan fingerprint density at radius 2 is 1.89 bits per heavy atom. The highest BCUT2D eigenvalue weighted by atomic mass is 32.2.